The molecule has 0 heterocycles. The summed E-state index contributed by atoms with van der Waals surface area (Å²) in [5.41, 5.74) is 2.06. The molecule has 0 N–H and O–H groups in total. The van der Waals surface area contributed by atoms with Gasteiger partial charge in [0, 0.05) is 42.9 Å². The van der Waals surface area contributed by atoms with Crippen LogP contribution in [-0.2, 0) is 30.2 Å². The summed E-state index contributed by atoms with van der Waals surface area (Å²) in [5, 5.41) is 0. The zero-order chi connectivity index (χ0) is 39.8. The van der Waals surface area contributed by atoms with E-state index in [-0.39, 0.29) is 23.7 Å². The molecule has 3 rings (SSSR count). The van der Waals surface area contributed by atoms with Gasteiger partial charge in [-0.05, 0) is 96.2 Å². The largest absolute Gasteiger partial charge is 0.573 e. The maximum absolute atomic E-state index is 12.7. The molecule has 0 radical (unpaired) electrons. The van der Waals surface area contributed by atoms with Gasteiger partial charge >= 0.3 is 6.36 Å². The van der Waals surface area contributed by atoms with Gasteiger partial charge in [0.1, 0.15) is 34.9 Å². The van der Waals surface area contributed by atoms with Crippen molar-refractivity contribution in [1.82, 2.24) is 0 Å². The number of carbonyl (C=O) groups is 1. The van der Waals surface area contributed by atoms with Gasteiger partial charge in [-0.2, -0.15) is 0 Å². The van der Waals surface area contributed by atoms with Crippen LogP contribution >= 0.6 is 0 Å². The maximum atomic E-state index is 12.7. The van der Waals surface area contributed by atoms with E-state index in [1.54, 1.807) is 44.5 Å². The topological polar surface area (TPSA) is 83.4 Å². The Morgan fingerprint density at radius 2 is 1.47 bits per heavy atom. The molecule has 286 valence electrons. The van der Waals surface area contributed by atoms with E-state index in [1.165, 1.54) is 18.2 Å². The van der Waals surface area contributed by atoms with Crippen LogP contribution in [-0.4, -0.2) is 54.1 Å². The van der Waals surface area contributed by atoms with Crippen LogP contribution in [0.15, 0.2) is 89.0 Å². The first kappa shape index (κ1) is 49.0. The summed E-state index contributed by atoms with van der Waals surface area (Å²) < 4.78 is 69.5. The number of aliphatic imine (C=N–C) groups is 1. The van der Waals surface area contributed by atoms with Crippen molar-refractivity contribution >= 4 is 27.6 Å². The Bertz CT molecular complexity index is 1580. The lowest BCUT2D eigenvalue weighted by Crippen LogP contribution is -2.28. The second-order valence-electron chi connectivity index (χ2n) is 10.3. The highest BCUT2D eigenvalue weighted by atomic mass is 32.2. The fourth-order valence-corrected chi connectivity index (χ4v) is 5.46. The molecule has 3 aromatic carbocycles. The van der Waals surface area contributed by atoms with Gasteiger partial charge in [-0.25, -0.2) is 0 Å². The van der Waals surface area contributed by atoms with Crippen molar-refractivity contribution in [3.8, 4) is 17.2 Å². The van der Waals surface area contributed by atoms with Crippen molar-refractivity contribution in [2.75, 3.05) is 19.9 Å². The number of ether oxygens (including phenoxy) is 4. The first-order chi connectivity index (χ1) is 24.0. The molecule has 0 amide bonds. The minimum atomic E-state index is -4.71. The zero-order valence-electron chi connectivity index (χ0n) is 32.4. The number of benzene rings is 3. The third kappa shape index (κ3) is 18.1. The minimum Gasteiger partial charge on any atom is -0.457 e. The summed E-state index contributed by atoms with van der Waals surface area (Å²) in [6.45, 7) is 23.5. The minimum absolute atomic E-state index is 0.222. The van der Waals surface area contributed by atoms with Gasteiger partial charge in [0.25, 0.3) is 0 Å². The fraction of sp³-hybridized carbons (Fsp3) is 0.425. The van der Waals surface area contributed by atoms with E-state index >= 15 is 0 Å². The van der Waals surface area contributed by atoms with E-state index in [4.69, 9.17) is 14.2 Å². The number of rotatable bonds is 12. The average Bonchev–Trinajstić information content (AvgIpc) is 3.12. The standard InChI is InChI=1S/C19H27NO4S.C15H13F3O2.3C2H6/c1-14-13-16(9-10-17(14)25(7,22)12-8-11-21)18(20-5)24-15(2)19(3,4)23-6;1-2-11-6-8-12(9-7-11)19-13-4-3-5-14(10-13)20-15(16,17)18;3*1-2/h9-11,13H,2,7-8,12H2,1,3-6H3;3-10H,2H2,1H3;3*1-2H3. The molecular formula is C40H58F3NO6S. The highest BCUT2D eigenvalue weighted by molar-refractivity contribution is 8.00. The summed E-state index contributed by atoms with van der Waals surface area (Å²) in [6, 6.07) is 18.2. The number of nitrogens with zero attached hydrogens (tertiary/aromatic N) is 1. The Kier molecular flexibility index (Phi) is 24.0. The van der Waals surface area contributed by atoms with Crippen LogP contribution in [0.2, 0.25) is 0 Å². The highest BCUT2D eigenvalue weighted by Gasteiger charge is 2.31. The number of alkyl halides is 3. The molecule has 1 unspecified atom stereocenters. The lowest BCUT2D eigenvalue weighted by atomic mass is 10.1. The van der Waals surface area contributed by atoms with E-state index in [0.29, 0.717) is 22.3 Å². The molecule has 51 heavy (non-hydrogen) atoms. The van der Waals surface area contributed by atoms with E-state index < -0.39 is 21.5 Å². The van der Waals surface area contributed by atoms with Crippen LogP contribution in [0.3, 0.4) is 0 Å². The molecule has 0 bridgehead atoms. The molecule has 0 spiro atoms. The first-order valence-electron chi connectivity index (χ1n) is 17.0. The number of hydrogen-bond donors (Lipinski definition) is 0. The quantitative estimate of drug-likeness (QED) is 0.0605. The number of halogens is 3. The Labute approximate surface area is 304 Å². The maximum Gasteiger partial charge on any atom is 0.573 e. The lowest BCUT2D eigenvalue weighted by Gasteiger charge is -2.25. The molecule has 0 aliphatic carbocycles. The molecule has 7 nitrogen and oxygen atoms in total. The molecule has 0 aliphatic rings. The monoisotopic (exact) mass is 737 g/mol. The summed E-state index contributed by atoms with van der Waals surface area (Å²) in [7, 11) is 0.707. The third-order valence-electron chi connectivity index (χ3n) is 6.60. The molecule has 0 saturated heterocycles. The van der Waals surface area contributed by atoms with Crippen LogP contribution in [0.4, 0.5) is 13.2 Å². The summed E-state index contributed by atoms with van der Waals surface area (Å²) >= 11 is 0. The summed E-state index contributed by atoms with van der Waals surface area (Å²) in [5.74, 6) is 5.41. The van der Waals surface area contributed by atoms with Crippen LogP contribution < -0.4 is 9.47 Å². The molecule has 1 atom stereocenters. The third-order valence-corrected chi connectivity index (χ3v) is 8.75. The van der Waals surface area contributed by atoms with Gasteiger partial charge in [0.2, 0.25) is 5.90 Å². The lowest BCUT2D eigenvalue weighted by molar-refractivity contribution is -0.274. The van der Waals surface area contributed by atoms with Crippen molar-refractivity contribution in [2.24, 2.45) is 4.99 Å². The van der Waals surface area contributed by atoms with Crippen LogP contribution in [0.1, 0.15) is 85.4 Å². The Morgan fingerprint density at radius 1 is 0.902 bits per heavy atom. The fourth-order valence-electron chi connectivity index (χ4n) is 3.80. The van der Waals surface area contributed by atoms with Crippen molar-refractivity contribution in [1.29, 1.82) is 0 Å². The predicted molar refractivity (Wildman–Crippen MR) is 207 cm³/mol. The Morgan fingerprint density at radius 3 is 1.94 bits per heavy atom. The summed E-state index contributed by atoms with van der Waals surface area (Å²) in [4.78, 5) is 15.4. The van der Waals surface area contributed by atoms with Gasteiger partial charge in [-0.3, -0.25) is 9.20 Å². The predicted octanol–water partition coefficient (Wildman–Crippen LogP) is 11.0. The van der Waals surface area contributed by atoms with Gasteiger partial charge in [0.05, 0.1) is 0 Å². The molecule has 0 fully saturated rings. The highest BCUT2D eigenvalue weighted by Crippen LogP contribution is 2.29. The molecule has 0 aromatic heterocycles. The SMILES string of the molecule is C=C(OC(=NC)c1ccc(S(=C)(=O)CCC=O)c(C)c1)C(C)(C)OC.CC.CC.CC.CCc1ccc(Oc2cccc(OC(F)(F)F)c2)cc1. The molecule has 11 heteroatoms. The van der Waals surface area contributed by atoms with Gasteiger partial charge in [0.15, 0.2) is 0 Å². The number of carbonyl (C=O) groups excluding carboxylic acids is 1. The van der Waals surface area contributed by atoms with E-state index in [0.717, 1.165) is 29.4 Å². The van der Waals surface area contributed by atoms with E-state index in [1.807, 2.05) is 87.4 Å². The van der Waals surface area contributed by atoms with Crippen LogP contribution in [0, 0.1) is 6.92 Å². The Balaban J connectivity index is 0. The summed E-state index contributed by atoms with van der Waals surface area (Å²) in [6.07, 6.45) is -2.82. The van der Waals surface area contributed by atoms with Gasteiger partial charge in [-0.15, -0.1) is 13.2 Å². The normalized spacial score (nSPS) is 11.9. The number of aryl methyl sites for hydroxylation is 2. The van der Waals surface area contributed by atoms with Crippen molar-refractivity contribution in [3.05, 3.63) is 95.8 Å². The second kappa shape index (κ2) is 25.0. The van der Waals surface area contributed by atoms with E-state index in [9.17, 15) is 22.2 Å². The smallest absolute Gasteiger partial charge is 0.457 e. The molecular weight excluding hydrogens is 680 g/mol. The van der Waals surface area contributed by atoms with Crippen LogP contribution in [0.25, 0.3) is 0 Å². The number of hydrogen-bond acceptors (Lipinski definition) is 7. The molecule has 0 aliphatic heterocycles. The van der Waals surface area contributed by atoms with Crippen molar-refractivity contribution in [2.45, 2.75) is 98.9 Å². The van der Waals surface area contributed by atoms with E-state index in [2.05, 4.69) is 22.2 Å². The van der Waals surface area contributed by atoms with Crippen LogP contribution in [0.5, 0.6) is 17.2 Å². The second-order valence-corrected chi connectivity index (χ2v) is 12.8. The zero-order valence-corrected chi connectivity index (χ0v) is 33.2. The Hall–Kier alpha value is -4.09. The number of methoxy groups -OCH3 is 1. The van der Waals surface area contributed by atoms with Gasteiger partial charge < -0.3 is 23.7 Å². The average molecular weight is 738 g/mol. The number of aldehydes is 1. The molecule has 0 saturated carbocycles. The van der Waals surface area contributed by atoms with Gasteiger partial charge in [-0.1, -0.05) is 73.2 Å². The first-order valence-corrected chi connectivity index (χ1v) is 18.9. The van der Waals surface area contributed by atoms with Crippen molar-refractivity contribution in [3.63, 3.8) is 0 Å². The van der Waals surface area contributed by atoms with Crippen molar-refractivity contribution < 1.29 is 41.1 Å². The molecule has 3 aromatic rings.